The van der Waals surface area contributed by atoms with Gasteiger partial charge in [0.2, 0.25) is 0 Å². The summed E-state index contributed by atoms with van der Waals surface area (Å²) in [5.41, 5.74) is 6.35. The number of thiazole rings is 1. The summed E-state index contributed by atoms with van der Waals surface area (Å²) in [6, 6.07) is 0. The average molecular weight is 158 g/mol. The Bertz CT molecular complexity index is 222. The third kappa shape index (κ3) is 1.31. The van der Waals surface area contributed by atoms with Crippen molar-refractivity contribution in [2.24, 2.45) is 5.73 Å². The van der Waals surface area contributed by atoms with Crippen LogP contribution in [0.3, 0.4) is 0 Å². The molecule has 0 radical (unpaired) electrons. The third-order valence-corrected chi connectivity index (χ3v) is 1.82. The van der Waals surface area contributed by atoms with Crippen molar-refractivity contribution in [3.63, 3.8) is 0 Å². The van der Waals surface area contributed by atoms with Crippen LogP contribution in [0.15, 0.2) is 11.7 Å². The lowest BCUT2D eigenvalue weighted by Crippen LogP contribution is -2.19. The van der Waals surface area contributed by atoms with Gasteiger partial charge in [-0.15, -0.1) is 11.3 Å². The molecule has 0 aliphatic heterocycles. The molecule has 5 heteroatoms. The first-order chi connectivity index (χ1) is 4.72. The molecule has 0 spiro atoms. The molecule has 0 fully saturated rings. The van der Waals surface area contributed by atoms with Crippen LogP contribution in [0.2, 0.25) is 0 Å². The van der Waals surface area contributed by atoms with Gasteiger partial charge in [-0.1, -0.05) is 0 Å². The van der Waals surface area contributed by atoms with Crippen LogP contribution in [0.5, 0.6) is 0 Å². The zero-order chi connectivity index (χ0) is 7.56. The van der Waals surface area contributed by atoms with E-state index in [2.05, 4.69) is 4.98 Å². The van der Waals surface area contributed by atoms with Gasteiger partial charge in [-0.3, -0.25) is 9.78 Å². The maximum Gasteiger partial charge on any atom is 0.251 e. The normalized spacial score (nSPS) is 12.9. The Kier molecular flexibility index (Phi) is 1.98. The highest BCUT2D eigenvalue weighted by molar-refractivity contribution is 7.09. The number of nitrogens with zero attached hydrogens (tertiary/aromatic N) is 1. The van der Waals surface area contributed by atoms with Gasteiger partial charge in [0.1, 0.15) is 0 Å². The summed E-state index contributed by atoms with van der Waals surface area (Å²) < 4.78 is 0. The summed E-state index contributed by atoms with van der Waals surface area (Å²) >= 11 is 1.20. The van der Waals surface area contributed by atoms with Gasteiger partial charge in [-0.2, -0.15) is 0 Å². The highest BCUT2D eigenvalue weighted by atomic mass is 32.1. The van der Waals surface area contributed by atoms with Gasteiger partial charge in [0.25, 0.3) is 5.91 Å². The number of carbonyl (C=O) groups is 1. The number of aromatic nitrogens is 1. The molecule has 1 amide bonds. The number of hydrogen-bond donors (Lipinski definition) is 2. The Labute approximate surface area is 61.3 Å². The standard InChI is InChI=1S/C5H6N2O2S/c6-5(9)4(8)3-1-7-2-10-3/h1-2,4,8H,(H2,6,9). The molecule has 3 N–H and O–H groups in total. The van der Waals surface area contributed by atoms with Crippen molar-refractivity contribution < 1.29 is 9.90 Å². The zero-order valence-electron chi connectivity index (χ0n) is 5.02. The Morgan fingerprint density at radius 3 is 3.00 bits per heavy atom. The first-order valence-corrected chi connectivity index (χ1v) is 3.45. The minimum absolute atomic E-state index is 0.479. The van der Waals surface area contributed by atoms with Crippen molar-refractivity contribution in [1.82, 2.24) is 4.98 Å². The van der Waals surface area contributed by atoms with Crippen molar-refractivity contribution >= 4 is 17.2 Å². The molecular formula is C5H6N2O2S. The lowest BCUT2D eigenvalue weighted by Gasteiger charge is -1.99. The van der Waals surface area contributed by atoms with Gasteiger partial charge in [-0.05, 0) is 0 Å². The summed E-state index contributed by atoms with van der Waals surface area (Å²) in [5, 5.41) is 8.98. The molecule has 0 aromatic carbocycles. The number of rotatable bonds is 2. The maximum atomic E-state index is 10.3. The molecule has 0 aliphatic rings. The minimum atomic E-state index is -1.20. The van der Waals surface area contributed by atoms with E-state index in [1.54, 1.807) is 0 Å². The second-order valence-electron chi connectivity index (χ2n) is 1.71. The van der Waals surface area contributed by atoms with E-state index >= 15 is 0 Å². The molecule has 0 aliphatic carbocycles. The predicted octanol–water partition coefficient (Wildman–Crippen LogP) is -0.338. The van der Waals surface area contributed by atoms with Crippen LogP contribution >= 0.6 is 11.3 Å². The molecule has 10 heavy (non-hydrogen) atoms. The van der Waals surface area contributed by atoms with E-state index < -0.39 is 12.0 Å². The van der Waals surface area contributed by atoms with Gasteiger partial charge >= 0.3 is 0 Å². The molecule has 1 aromatic heterocycles. The Hall–Kier alpha value is -0.940. The minimum Gasteiger partial charge on any atom is -0.378 e. The average Bonchev–Trinajstić information content (AvgIpc) is 2.36. The predicted molar refractivity (Wildman–Crippen MR) is 36.3 cm³/mol. The number of hydrogen-bond acceptors (Lipinski definition) is 4. The first kappa shape index (κ1) is 7.17. The molecule has 0 saturated carbocycles. The molecule has 1 atom stereocenters. The molecular weight excluding hydrogens is 152 g/mol. The molecule has 1 unspecified atom stereocenters. The number of aliphatic hydroxyl groups is 1. The molecule has 0 bridgehead atoms. The van der Waals surface area contributed by atoms with E-state index in [-0.39, 0.29) is 0 Å². The lowest BCUT2D eigenvalue weighted by molar-refractivity contribution is -0.126. The monoisotopic (exact) mass is 158 g/mol. The van der Waals surface area contributed by atoms with Gasteiger partial charge < -0.3 is 10.8 Å². The molecule has 54 valence electrons. The second-order valence-corrected chi connectivity index (χ2v) is 2.63. The van der Waals surface area contributed by atoms with Crippen LogP contribution in [0.1, 0.15) is 11.0 Å². The second kappa shape index (κ2) is 2.76. The number of aliphatic hydroxyl groups excluding tert-OH is 1. The number of carbonyl (C=O) groups excluding carboxylic acids is 1. The molecule has 0 saturated heterocycles. The first-order valence-electron chi connectivity index (χ1n) is 2.57. The van der Waals surface area contributed by atoms with Crippen LogP contribution in [-0.2, 0) is 4.79 Å². The Morgan fingerprint density at radius 1 is 1.90 bits per heavy atom. The van der Waals surface area contributed by atoms with E-state index in [0.717, 1.165) is 0 Å². The highest BCUT2D eigenvalue weighted by Crippen LogP contribution is 2.15. The van der Waals surface area contributed by atoms with Crippen molar-refractivity contribution in [2.75, 3.05) is 0 Å². The Balaban J connectivity index is 2.77. The van der Waals surface area contributed by atoms with E-state index in [1.807, 2.05) is 0 Å². The third-order valence-electron chi connectivity index (χ3n) is 0.990. The maximum absolute atomic E-state index is 10.3. The van der Waals surface area contributed by atoms with Crippen molar-refractivity contribution in [1.29, 1.82) is 0 Å². The SMILES string of the molecule is NC(=O)C(O)c1cncs1. The quantitative estimate of drug-likeness (QED) is 0.618. The van der Waals surface area contributed by atoms with Gasteiger partial charge in [0.05, 0.1) is 10.4 Å². The molecule has 1 aromatic rings. The summed E-state index contributed by atoms with van der Waals surface area (Å²) in [6.45, 7) is 0. The van der Waals surface area contributed by atoms with Crippen LogP contribution in [0, 0.1) is 0 Å². The van der Waals surface area contributed by atoms with E-state index in [1.165, 1.54) is 23.0 Å². The van der Waals surface area contributed by atoms with Crippen LogP contribution in [0.25, 0.3) is 0 Å². The molecule has 1 rings (SSSR count). The lowest BCUT2D eigenvalue weighted by atomic mass is 10.3. The highest BCUT2D eigenvalue weighted by Gasteiger charge is 2.14. The van der Waals surface area contributed by atoms with Crippen LogP contribution in [0.4, 0.5) is 0 Å². The Morgan fingerprint density at radius 2 is 2.60 bits per heavy atom. The van der Waals surface area contributed by atoms with Crippen LogP contribution in [-0.4, -0.2) is 16.0 Å². The summed E-state index contributed by atoms with van der Waals surface area (Å²) in [5.74, 6) is -0.746. The fourth-order valence-electron chi connectivity index (χ4n) is 0.501. The van der Waals surface area contributed by atoms with E-state index in [9.17, 15) is 4.79 Å². The van der Waals surface area contributed by atoms with Gasteiger partial charge in [0, 0.05) is 6.20 Å². The fourth-order valence-corrected chi connectivity index (χ4v) is 1.11. The summed E-state index contributed by atoms with van der Waals surface area (Å²) in [7, 11) is 0. The number of nitrogens with two attached hydrogens (primary N) is 1. The largest absolute Gasteiger partial charge is 0.378 e. The van der Waals surface area contributed by atoms with Gasteiger partial charge in [0.15, 0.2) is 6.10 Å². The van der Waals surface area contributed by atoms with Gasteiger partial charge in [-0.25, -0.2) is 0 Å². The summed E-state index contributed by atoms with van der Waals surface area (Å²) in [4.78, 5) is 14.5. The van der Waals surface area contributed by atoms with Crippen molar-refractivity contribution in [3.8, 4) is 0 Å². The number of primary amides is 1. The zero-order valence-corrected chi connectivity index (χ0v) is 5.84. The van der Waals surface area contributed by atoms with E-state index in [0.29, 0.717) is 4.88 Å². The number of amides is 1. The van der Waals surface area contributed by atoms with Crippen LogP contribution < -0.4 is 5.73 Å². The topological polar surface area (TPSA) is 76.2 Å². The van der Waals surface area contributed by atoms with Crippen molar-refractivity contribution in [2.45, 2.75) is 6.10 Å². The van der Waals surface area contributed by atoms with E-state index in [4.69, 9.17) is 10.8 Å². The smallest absolute Gasteiger partial charge is 0.251 e. The summed E-state index contributed by atoms with van der Waals surface area (Å²) in [6.07, 6.45) is 0.215. The molecule has 1 heterocycles. The van der Waals surface area contributed by atoms with Crippen molar-refractivity contribution in [3.05, 3.63) is 16.6 Å². The fraction of sp³-hybridized carbons (Fsp3) is 0.200. The molecule has 4 nitrogen and oxygen atoms in total.